The van der Waals surface area contributed by atoms with Crippen LogP contribution >= 0.6 is 11.3 Å². The molecule has 2 heterocycles. The number of nitrogens with one attached hydrogen (secondary N) is 1. The first-order valence-electron chi connectivity index (χ1n) is 5.59. The second kappa shape index (κ2) is 4.93. The molecule has 0 radical (unpaired) electrons. The van der Waals surface area contributed by atoms with Crippen LogP contribution in [-0.2, 0) is 0 Å². The highest BCUT2D eigenvalue weighted by molar-refractivity contribution is 7.13. The van der Waals surface area contributed by atoms with Gasteiger partial charge >= 0.3 is 0 Å². The molecule has 1 saturated heterocycles. The molecule has 0 saturated carbocycles. The molecule has 1 fully saturated rings. The molecule has 88 valence electrons. The molecule has 0 aliphatic carbocycles. The summed E-state index contributed by atoms with van der Waals surface area (Å²) in [5.41, 5.74) is 0. The average molecular weight is 239 g/mol. The van der Waals surface area contributed by atoms with Crippen LogP contribution in [0.2, 0.25) is 0 Å². The van der Waals surface area contributed by atoms with Crippen molar-refractivity contribution in [1.82, 2.24) is 15.2 Å². The van der Waals surface area contributed by atoms with Crippen LogP contribution in [0, 0.1) is 6.92 Å². The van der Waals surface area contributed by atoms with Crippen molar-refractivity contribution in [2.45, 2.75) is 25.8 Å². The van der Waals surface area contributed by atoms with E-state index in [1.54, 1.807) is 6.20 Å². The van der Waals surface area contributed by atoms with E-state index < -0.39 is 0 Å². The molecule has 0 atom stereocenters. The van der Waals surface area contributed by atoms with E-state index in [-0.39, 0.29) is 5.91 Å². The first kappa shape index (κ1) is 11.5. The number of carbonyl (C=O) groups excluding carboxylic acids is 1. The Morgan fingerprint density at radius 3 is 2.75 bits per heavy atom. The Bertz CT molecular complexity index is 369. The van der Waals surface area contributed by atoms with Gasteiger partial charge in [0, 0.05) is 19.1 Å². The van der Waals surface area contributed by atoms with E-state index in [1.807, 2.05) is 18.9 Å². The third kappa shape index (κ3) is 2.41. The van der Waals surface area contributed by atoms with Crippen molar-refractivity contribution in [1.29, 1.82) is 0 Å². The topological polar surface area (TPSA) is 45.2 Å². The lowest BCUT2D eigenvalue weighted by molar-refractivity contribution is 0.0712. The van der Waals surface area contributed by atoms with Crippen molar-refractivity contribution in [3.05, 3.63) is 16.1 Å². The van der Waals surface area contributed by atoms with Gasteiger partial charge in [0.15, 0.2) is 0 Å². The van der Waals surface area contributed by atoms with Crippen molar-refractivity contribution in [2.75, 3.05) is 20.1 Å². The lowest BCUT2D eigenvalue weighted by Gasteiger charge is -2.31. The van der Waals surface area contributed by atoms with Gasteiger partial charge in [-0.3, -0.25) is 4.79 Å². The molecule has 4 nitrogen and oxygen atoms in total. The summed E-state index contributed by atoms with van der Waals surface area (Å²) >= 11 is 1.48. The summed E-state index contributed by atoms with van der Waals surface area (Å²) in [4.78, 5) is 18.9. The SMILES string of the molecule is CNC1CCN(C(=O)c2cnc(C)s2)CC1. The lowest BCUT2D eigenvalue weighted by Crippen LogP contribution is -2.43. The Balaban J connectivity index is 1.96. The zero-order valence-corrected chi connectivity index (χ0v) is 10.5. The predicted molar refractivity (Wildman–Crippen MR) is 64.8 cm³/mol. The second-order valence-corrected chi connectivity index (χ2v) is 5.33. The van der Waals surface area contributed by atoms with E-state index >= 15 is 0 Å². The molecule has 1 N–H and O–H groups in total. The van der Waals surface area contributed by atoms with E-state index in [9.17, 15) is 4.79 Å². The molecular weight excluding hydrogens is 222 g/mol. The highest BCUT2D eigenvalue weighted by atomic mass is 32.1. The quantitative estimate of drug-likeness (QED) is 0.845. The number of hydrogen-bond donors (Lipinski definition) is 1. The number of likely N-dealkylation sites (tertiary alicyclic amines) is 1. The third-order valence-electron chi connectivity index (χ3n) is 3.02. The van der Waals surface area contributed by atoms with Gasteiger partial charge < -0.3 is 10.2 Å². The van der Waals surface area contributed by atoms with Crippen LogP contribution in [0.1, 0.15) is 27.5 Å². The molecule has 16 heavy (non-hydrogen) atoms. The van der Waals surface area contributed by atoms with Gasteiger partial charge in [0.2, 0.25) is 0 Å². The van der Waals surface area contributed by atoms with Gasteiger partial charge in [0.05, 0.1) is 11.2 Å². The van der Waals surface area contributed by atoms with E-state index in [4.69, 9.17) is 0 Å². The van der Waals surface area contributed by atoms with Crippen LogP contribution < -0.4 is 5.32 Å². The van der Waals surface area contributed by atoms with Gasteiger partial charge in [-0.25, -0.2) is 4.98 Å². The van der Waals surface area contributed by atoms with Gasteiger partial charge in [-0.1, -0.05) is 0 Å². The summed E-state index contributed by atoms with van der Waals surface area (Å²) in [5, 5.41) is 4.21. The third-order valence-corrected chi connectivity index (χ3v) is 3.92. The summed E-state index contributed by atoms with van der Waals surface area (Å²) in [7, 11) is 1.98. The van der Waals surface area contributed by atoms with E-state index in [2.05, 4.69) is 10.3 Å². The summed E-state index contributed by atoms with van der Waals surface area (Å²) in [6.07, 6.45) is 3.77. The maximum absolute atomic E-state index is 12.1. The normalized spacial score (nSPS) is 17.8. The minimum absolute atomic E-state index is 0.139. The summed E-state index contributed by atoms with van der Waals surface area (Å²) in [6.45, 7) is 3.62. The summed E-state index contributed by atoms with van der Waals surface area (Å²) in [6, 6.07) is 0.562. The van der Waals surface area contributed by atoms with Gasteiger partial charge in [0.1, 0.15) is 4.88 Å². The van der Waals surface area contributed by atoms with Crippen LogP contribution in [0.15, 0.2) is 6.20 Å². The number of aryl methyl sites for hydroxylation is 1. The summed E-state index contributed by atoms with van der Waals surface area (Å²) in [5.74, 6) is 0.139. The second-order valence-electron chi connectivity index (χ2n) is 4.10. The predicted octanol–water partition coefficient (Wildman–Crippen LogP) is 1.28. The Hall–Kier alpha value is -0.940. The van der Waals surface area contributed by atoms with Gasteiger partial charge in [0.25, 0.3) is 5.91 Å². The number of rotatable bonds is 2. The molecule has 2 rings (SSSR count). The maximum Gasteiger partial charge on any atom is 0.265 e. The van der Waals surface area contributed by atoms with E-state index in [0.717, 1.165) is 35.8 Å². The van der Waals surface area contributed by atoms with E-state index in [0.29, 0.717) is 6.04 Å². The van der Waals surface area contributed by atoms with Crippen LogP contribution in [0.25, 0.3) is 0 Å². The molecule has 1 aliphatic rings. The fraction of sp³-hybridized carbons (Fsp3) is 0.636. The Morgan fingerprint density at radius 2 is 2.25 bits per heavy atom. The number of aromatic nitrogens is 1. The van der Waals surface area contributed by atoms with Crippen LogP contribution in [0.3, 0.4) is 0 Å². The average Bonchev–Trinajstić information content (AvgIpc) is 2.75. The number of thiazole rings is 1. The molecule has 0 unspecified atom stereocenters. The molecule has 0 aromatic carbocycles. The maximum atomic E-state index is 12.1. The van der Waals surface area contributed by atoms with Crippen molar-refractivity contribution in [2.24, 2.45) is 0 Å². The lowest BCUT2D eigenvalue weighted by atomic mass is 10.1. The minimum Gasteiger partial charge on any atom is -0.338 e. The zero-order chi connectivity index (χ0) is 11.5. The van der Waals surface area contributed by atoms with Crippen LogP contribution in [0.4, 0.5) is 0 Å². The first-order chi connectivity index (χ1) is 7.70. The molecule has 0 bridgehead atoms. The molecule has 0 spiro atoms. The molecule has 1 aromatic heterocycles. The van der Waals surface area contributed by atoms with Crippen molar-refractivity contribution < 1.29 is 4.79 Å². The van der Waals surface area contributed by atoms with Crippen molar-refractivity contribution in [3.8, 4) is 0 Å². The first-order valence-corrected chi connectivity index (χ1v) is 6.41. The van der Waals surface area contributed by atoms with Crippen molar-refractivity contribution in [3.63, 3.8) is 0 Å². The number of hydrogen-bond acceptors (Lipinski definition) is 4. The van der Waals surface area contributed by atoms with Gasteiger partial charge in [-0.15, -0.1) is 11.3 Å². The monoisotopic (exact) mass is 239 g/mol. The molecule has 1 amide bonds. The molecule has 1 aromatic rings. The highest BCUT2D eigenvalue weighted by Gasteiger charge is 2.23. The standard InChI is InChI=1S/C11H17N3OS/c1-8-13-7-10(16-8)11(15)14-5-3-9(12-2)4-6-14/h7,9,12H,3-6H2,1-2H3. The molecular formula is C11H17N3OS. The van der Waals surface area contributed by atoms with Crippen molar-refractivity contribution >= 4 is 17.2 Å². The van der Waals surface area contributed by atoms with Crippen LogP contribution in [-0.4, -0.2) is 42.0 Å². The van der Waals surface area contributed by atoms with Gasteiger partial charge in [-0.05, 0) is 26.8 Å². The number of piperidine rings is 1. The number of nitrogens with zero attached hydrogens (tertiary/aromatic N) is 2. The van der Waals surface area contributed by atoms with E-state index in [1.165, 1.54) is 11.3 Å². The van der Waals surface area contributed by atoms with Crippen LogP contribution in [0.5, 0.6) is 0 Å². The molecule has 1 aliphatic heterocycles. The smallest absolute Gasteiger partial charge is 0.265 e. The Morgan fingerprint density at radius 1 is 1.56 bits per heavy atom. The van der Waals surface area contributed by atoms with Gasteiger partial charge in [-0.2, -0.15) is 0 Å². The molecule has 5 heteroatoms. The number of carbonyl (C=O) groups is 1. The number of amides is 1. The Labute approximate surface area is 99.7 Å². The highest BCUT2D eigenvalue weighted by Crippen LogP contribution is 2.17. The fourth-order valence-corrected chi connectivity index (χ4v) is 2.73. The Kier molecular flexibility index (Phi) is 3.56. The largest absolute Gasteiger partial charge is 0.338 e. The summed E-state index contributed by atoms with van der Waals surface area (Å²) < 4.78 is 0. The zero-order valence-electron chi connectivity index (χ0n) is 9.69. The minimum atomic E-state index is 0.139. The fourth-order valence-electron chi connectivity index (χ4n) is 1.99.